The quantitative estimate of drug-likeness (QED) is 0.872. The lowest BCUT2D eigenvalue weighted by molar-refractivity contribution is 0.0527. The number of esters is 1. The average molecular weight is 305 g/mol. The number of thiophene rings is 1. The number of amides is 1. The van der Waals surface area contributed by atoms with Crippen LogP contribution in [0.4, 0.5) is 9.80 Å². The average Bonchev–Trinajstić information content (AvgIpc) is 2.81. The Kier molecular flexibility index (Phi) is 4.94. The summed E-state index contributed by atoms with van der Waals surface area (Å²) < 4.78 is 10.1. The summed E-state index contributed by atoms with van der Waals surface area (Å²) in [6.45, 7) is 3.80. The Bertz CT molecular complexity index is 636. The van der Waals surface area contributed by atoms with E-state index in [0.29, 0.717) is 16.3 Å². The van der Waals surface area contributed by atoms with Crippen LogP contribution in [0.1, 0.15) is 22.8 Å². The maximum absolute atomic E-state index is 11.9. The van der Waals surface area contributed by atoms with Crippen LogP contribution in [0, 0.1) is 6.92 Å². The number of rotatable bonds is 4. The number of para-hydroxylation sites is 1. The topological polar surface area (TPSA) is 64.6 Å². The van der Waals surface area contributed by atoms with Gasteiger partial charge in [0.25, 0.3) is 0 Å². The van der Waals surface area contributed by atoms with Crippen molar-refractivity contribution in [2.45, 2.75) is 13.8 Å². The van der Waals surface area contributed by atoms with Crippen molar-refractivity contribution in [2.75, 3.05) is 11.9 Å². The first kappa shape index (κ1) is 15.1. The van der Waals surface area contributed by atoms with Gasteiger partial charge >= 0.3 is 12.1 Å². The molecule has 6 heteroatoms. The van der Waals surface area contributed by atoms with Crippen molar-refractivity contribution in [1.29, 1.82) is 0 Å². The van der Waals surface area contributed by atoms with Crippen molar-refractivity contribution in [3.05, 3.63) is 46.8 Å². The molecule has 1 aromatic carbocycles. The third-order valence-electron chi connectivity index (χ3n) is 2.62. The number of ether oxygens (including phenoxy) is 2. The van der Waals surface area contributed by atoms with Crippen LogP contribution in [0.5, 0.6) is 5.75 Å². The van der Waals surface area contributed by atoms with Crippen molar-refractivity contribution < 1.29 is 19.1 Å². The molecule has 0 aliphatic rings. The zero-order valence-electron chi connectivity index (χ0n) is 11.7. The Morgan fingerprint density at radius 3 is 2.62 bits per heavy atom. The number of aryl methyl sites for hydroxylation is 1. The third kappa shape index (κ3) is 3.82. The number of hydrogen-bond donors (Lipinski definition) is 1. The zero-order valence-corrected chi connectivity index (χ0v) is 12.5. The number of benzene rings is 1. The van der Waals surface area contributed by atoms with Gasteiger partial charge in [-0.3, -0.25) is 5.32 Å². The number of hydrogen-bond acceptors (Lipinski definition) is 5. The monoisotopic (exact) mass is 305 g/mol. The lowest BCUT2D eigenvalue weighted by atomic mass is 10.2. The molecular weight excluding hydrogens is 290 g/mol. The van der Waals surface area contributed by atoms with Crippen molar-refractivity contribution in [2.24, 2.45) is 0 Å². The largest absolute Gasteiger partial charge is 0.462 e. The Balaban J connectivity index is 2.09. The van der Waals surface area contributed by atoms with Gasteiger partial charge in [-0.05, 0) is 36.9 Å². The van der Waals surface area contributed by atoms with E-state index in [-0.39, 0.29) is 6.61 Å². The van der Waals surface area contributed by atoms with Gasteiger partial charge in [0.05, 0.1) is 12.2 Å². The smallest absolute Gasteiger partial charge is 0.417 e. The van der Waals surface area contributed by atoms with Crippen LogP contribution in [0.15, 0.2) is 35.7 Å². The van der Waals surface area contributed by atoms with Crippen molar-refractivity contribution in [1.82, 2.24) is 0 Å². The van der Waals surface area contributed by atoms with E-state index in [0.717, 1.165) is 5.56 Å². The third-order valence-corrected chi connectivity index (χ3v) is 3.64. The van der Waals surface area contributed by atoms with Crippen LogP contribution in [0.3, 0.4) is 0 Å². The maximum Gasteiger partial charge on any atom is 0.417 e. The minimum Gasteiger partial charge on any atom is -0.462 e. The fourth-order valence-electron chi connectivity index (χ4n) is 1.71. The van der Waals surface area contributed by atoms with E-state index in [4.69, 9.17) is 9.47 Å². The molecule has 110 valence electrons. The highest BCUT2D eigenvalue weighted by molar-refractivity contribution is 7.15. The molecule has 21 heavy (non-hydrogen) atoms. The molecule has 1 aromatic heterocycles. The van der Waals surface area contributed by atoms with Crippen LogP contribution in [-0.2, 0) is 4.74 Å². The zero-order chi connectivity index (χ0) is 15.2. The fraction of sp³-hybridized carbons (Fsp3) is 0.200. The van der Waals surface area contributed by atoms with Gasteiger partial charge in [0, 0.05) is 0 Å². The second kappa shape index (κ2) is 6.90. The van der Waals surface area contributed by atoms with Gasteiger partial charge in [-0.1, -0.05) is 18.2 Å². The highest BCUT2D eigenvalue weighted by Crippen LogP contribution is 2.28. The predicted molar refractivity (Wildman–Crippen MR) is 81.1 cm³/mol. The predicted octanol–water partition coefficient (Wildman–Crippen LogP) is 3.84. The van der Waals surface area contributed by atoms with Crippen LogP contribution >= 0.6 is 11.3 Å². The first-order chi connectivity index (χ1) is 10.1. The normalized spacial score (nSPS) is 10.0. The van der Waals surface area contributed by atoms with E-state index < -0.39 is 12.1 Å². The maximum atomic E-state index is 11.9. The highest BCUT2D eigenvalue weighted by Gasteiger charge is 2.20. The molecule has 0 saturated heterocycles. The van der Waals surface area contributed by atoms with Crippen LogP contribution < -0.4 is 10.1 Å². The molecule has 0 unspecified atom stereocenters. The van der Waals surface area contributed by atoms with Crippen molar-refractivity contribution in [3.8, 4) is 5.75 Å². The molecule has 0 bridgehead atoms. The molecule has 5 nitrogen and oxygen atoms in total. The summed E-state index contributed by atoms with van der Waals surface area (Å²) in [7, 11) is 0. The highest BCUT2D eigenvalue weighted by atomic mass is 32.1. The lowest BCUT2D eigenvalue weighted by Gasteiger charge is -2.07. The molecule has 0 atom stereocenters. The van der Waals surface area contributed by atoms with E-state index >= 15 is 0 Å². The van der Waals surface area contributed by atoms with Gasteiger partial charge in [0.1, 0.15) is 10.8 Å². The lowest BCUT2D eigenvalue weighted by Crippen LogP contribution is -2.18. The van der Waals surface area contributed by atoms with Gasteiger partial charge in [-0.25, -0.2) is 9.59 Å². The van der Waals surface area contributed by atoms with Crippen LogP contribution in [0.2, 0.25) is 0 Å². The summed E-state index contributed by atoms with van der Waals surface area (Å²) in [6, 6.07) is 8.70. The second-order valence-electron chi connectivity index (χ2n) is 4.17. The Morgan fingerprint density at radius 1 is 1.24 bits per heavy atom. The molecule has 0 fully saturated rings. The SMILES string of the molecule is CCOC(=O)c1c(C)csc1NC(=O)Oc1ccccc1. The standard InChI is InChI=1S/C15H15NO4S/c1-3-19-14(17)12-10(2)9-21-13(12)16-15(18)20-11-7-5-4-6-8-11/h4-9H,3H2,1-2H3,(H,16,18). The summed E-state index contributed by atoms with van der Waals surface area (Å²) in [5.74, 6) is -0.0211. The van der Waals surface area contributed by atoms with E-state index in [1.807, 2.05) is 6.07 Å². The summed E-state index contributed by atoms with van der Waals surface area (Å²) in [6.07, 6.45) is -0.645. The molecule has 0 aliphatic heterocycles. The molecule has 2 aromatic rings. The number of anilines is 1. The Hall–Kier alpha value is -2.34. The number of carbonyl (C=O) groups is 2. The first-order valence-electron chi connectivity index (χ1n) is 6.41. The van der Waals surface area contributed by atoms with E-state index in [2.05, 4.69) is 5.32 Å². The summed E-state index contributed by atoms with van der Waals surface area (Å²) in [5, 5.41) is 4.78. The molecule has 1 N–H and O–H groups in total. The summed E-state index contributed by atoms with van der Waals surface area (Å²) in [4.78, 5) is 23.7. The summed E-state index contributed by atoms with van der Waals surface area (Å²) in [5.41, 5.74) is 1.13. The van der Waals surface area contributed by atoms with E-state index in [9.17, 15) is 9.59 Å². The molecule has 0 spiro atoms. The van der Waals surface area contributed by atoms with E-state index in [1.54, 1.807) is 43.5 Å². The van der Waals surface area contributed by atoms with E-state index in [1.165, 1.54) is 11.3 Å². The minimum atomic E-state index is -0.645. The van der Waals surface area contributed by atoms with Crippen molar-refractivity contribution >= 4 is 28.4 Å². The van der Waals surface area contributed by atoms with Gasteiger partial charge in [-0.2, -0.15) is 0 Å². The molecule has 1 amide bonds. The second-order valence-corrected chi connectivity index (χ2v) is 5.05. The van der Waals surface area contributed by atoms with Gasteiger partial charge in [-0.15, -0.1) is 11.3 Å². The minimum absolute atomic E-state index is 0.280. The molecule has 0 aliphatic carbocycles. The van der Waals surface area contributed by atoms with Crippen molar-refractivity contribution in [3.63, 3.8) is 0 Å². The number of carbonyl (C=O) groups excluding carboxylic acids is 2. The Morgan fingerprint density at radius 2 is 1.95 bits per heavy atom. The van der Waals surface area contributed by atoms with Gasteiger partial charge in [0.2, 0.25) is 0 Å². The van der Waals surface area contributed by atoms with Crippen LogP contribution in [0.25, 0.3) is 0 Å². The van der Waals surface area contributed by atoms with Gasteiger partial charge in [0.15, 0.2) is 0 Å². The Labute approximate surface area is 126 Å². The molecule has 2 rings (SSSR count). The molecule has 0 radical (unpaired) electrons. The van der Waals surface area contributed by atoms with Gasteiger partial charge < -0.3 is 9.47 Å². The first-order valence-corrected chi connectivity index (χ1v) is 7.29. The fourth-order valence-corrected chi connectivity index (χ4v) is 2.62. The number of nitrogens with one attached hydrogen (secondary N) is 1. The molecule has 1 heterocycles. The molecular formula is C15H15NO4S. The van der Waals surface area contributed by atoms with Crippen LogP contribution in [-0.4, -0.2) is 18.7 Å². The summed E-state index contributed by atoms with van der Waals surface area (Å²) >= 11 is 1.26. The molecule has 0 saturated carbocycles.